The second-order valence-electron chi connectivity index (χ2n) is 5.21. The molecule has 5 heteroatoms. The van der Waals surface area contributed by atoms with Crippen molar-refractivity contribution in [3.05, 3.63) is 17.0 Å². The quantitative estimate of drug-likeness (QED) is 0.875. The highest BCUT2D eigenvalue weighted by molar-refractivity contribution is 5.79. The molecule has 2 rings (SSSR count). The molecule has 106 valence electrons. The lowest BCUT2D eigenvalue weighted by molar-refractivity contribution is -0.132. The molecule has 0 saturated carbocycles. The summed E-state index contributed by atoms with van der Waals surface area (Å²) in [5, 5.41) is 7.24. The van der Waals surface area contributed by atoms with E-state index >= 15 is 0 Å². The van der Waals surface area contributed by atoms with Gasteiger partial charge in [-0.3, -0.25) is 4.79 Å². The fourth-order valence-electron chi connectivity index (χ4n) is 2.66. The number of nitrogens with zero attached hydrogens (tertiary/aromatic N) is 2. The zero-order valence-corrected chi connectivity index (χ0v) is 12.0. The standard InChI is InChI=1S/C14H23N3O2/c1-4-7-17(12-5-6-15-9-12)14(18)8-13-10(2)16-19-11(13)3/h12,15H,4-9H2,1-3H3. The average Bonchev–Trinajstić information content (AvgIpc) is 3.01. The van der Waals surface area contributed by atoms with E-state index in [0.717, 1.165) is 49.5 Å². The van der Waals surface area contributed by atoms with Crippen molar-refractivity contribution in [1.82, 2.24) is 15.4 Å². The minimum atomic E-state index is 0.185. The SMILES string of the molecule is CCCN(C(=O)Cc1c(C)noc1C)C1CCNC1. The Kier molecular flexibility index (Phi) is 4.58. The highest BCUT2D eigenvalue weighted by Crippen LogP contribution is 2.17. The van der Waals surface area contributed by atoms with Crippen molar-refractivity contribution in [3.63, 3.8) is 0 Å². The minimum absolute atomic E-state index is 0.185. The van der Waals surface area contributed by atoms with Gasteiger partial charge in [0, 0.05) is 24.7 Å². The summed E-state index contributed by atoms with van der Waals surface area (Å²) < 4.78 is 5.13. The third-order valence-electron chi connectivity index (χ3n) is 3.77. The van der Waals surface area contributed by atoms with Gasteiger partial charge in [0.1, 0.15) is 5.76 Å². The monoisotopic (exact) mass is 265 g/mol. The molecule has 1 amide bonds. The summed E-state index contributed by atoms with van der Waals surface area (Å²) in [6.07, 6.45) is 2.44. The Labute approximate surface area is 114 Å². The van der Waals surface area contributed by atoms with E-state index in [-0.39, 0.29) is 5.91 Å². The Morgan fingerprint density at radius 2 is 2.32 bits per heavy atom. The maximum atomic E-state index is 12.5. The number of carbonyl (C=O) groups is 1. The van der Waals surface area contributed by atoms with Crippen LogP contribution in [0.4, 0.5) is 0 Å². The molecular weight excluding hydrogens is 242 g/mol. The van der Waals surface area contributed by atoms with Gasteiger partial charge in [-0.2, -0.15) is 0 Å². The van der Waals surface area contributed by atoms with Crippen LogP contribution in [0, 0.1) is 13.8 Å². The van der Waals surface area contributed by atoms with E-state index in [2.05, 4.69) is 17.4 Å². The van der Waals surface area contributed by atoms with Crippen LogP contribution in [-0.4, -0.2) is 41.6 Å². The summed E-state index contributed by atoms with van der Waals surface area (Å²) in [7, 11) is 0. The van der Waals surface area contributed by atoms with Crippen LogP contribution in [0.25, 0.3) is 0 Å². The van der Waals surface area contributed by atoms with Crippen LogP contribution in [-0.2, 0) is 11.2 Å². The van der Waals surface area contributed by atoms with Gasteiger partial charge in [-0.1, -0.05) is 12.1 Å². The fourth-order valence-corrected chi connectivity index (χ4v) is 2.66. The van der Waals surface area contributed by atoms with Crippen LogP contribution >= 0.6 is 0 Å². The highest BCUT2D eigenvalue weighted by Gasteiger charge is 2.27. The van der Waals surface area contributed by atoms with Gasteiger partial charge in [-0.25, -0.2) is 0 Å². The molecule has 1 fully saturated rings. The van der Waals surface area contributed by atoms with Crippen molar-refractivity contribution >= 4 is 5.91 Å². The summed E-state index contributed by atoms with van der Waals surface area (Å²) in [4.78, 5) is 14.5. The van der Waals surface area contributed by atoms with E-state index in [1.165, 1.54) is 0 Å². The van der Waals surface area contributed by atoms with Crippen molar-refractivity contribution in [2.24, 2.45) is 0 Å². The number of carbonyl (C=O) groups excluding carboxylic acids is 1. The second-order valence-corrected chi connectivity index (χ2v) is 5.21. The first kappa shape index (κ1) is 14.1. The van der Waals surface area contributed by atoms with Gasteiger partial charge in [0.2, 0.25) is 5.91 Å². The lowest BCUT2D eigenvalue weighted by atomic mass is 10.1. The molecule has 1 saturated heterocycles. The van der Waals surface area contributed by atoms with Gasteiger partial charge in [0.25, 0.3) is 0 Å². The molecule has 19 heavy (non-hydrogen) atoms. The van der Waals surface area contributed by atoms with Crippen LogP contribution in [0.1, 0.15) is 36.8 Å². The van der Waals surface area contributed by atoms with Crippen molar-refractivity contribution < 1.29 is 9.32 Å². The Morgan fingerprint density at radius 3 is 2.84 bits per heavy atom. The molecule has 1 aliphatic heterocycles. The number of aromatic nitrogens is 1. The minimum Gasteiger partial charge on any atom is -0.361 e. The largest absolute Gasteiger partial charge is 0.361 e. The van der Waals surface area contributed by atoms with Crippen LogP contribution < -0.4 is 5.32 Å². The van der Waals surface area contributed by atoms with Gasteiger partial charge in [-0.15, -0.1) is 0 Å². The summed E-state index contributed by atoms with van der Waals surface area (Å²) in [6.45, 7) is 8.61. The molecule has 1 N–H and O–H groups in total. The Balaban J connectivity index is 2.07. The molecule has 1 aromatic rings. The van der Waals surface area contributed by atoms with Crippen LogP contribution in [0.5, 0.6) is 0 Å². The van der Waals surface area contributed by atoms with Crippen LogP contribution in [0.2, 0.25) is 0 Å². The average molecular weight is 265 g/mol. The molecule has 0 aromatic carbocycles. The van der Waals surface area contributed by atoms with E-state index in [1.54, 1.807) is 0 Å². The van der Waals surface area contributed by atoms with Crippen LogP contribution in [0.3, 0.4) is 0 Å². The van der Waals surface area contributed by atoms with E-state index in [4.69, 9.17) is 4.52 Å². The zero-order chi connectivity index (χ0) is 13.8. The molecule has 1 aromatic heterocycles. The lowest BCUT2D eigenvalue weighted by Gasteiger charge is -2.28. The number of rotatable bonds is 5. The summed E-state index contributed by atoms with van der Waals surface area (Å²) in [5.74, 6) is 0.941. The lowest BCUT2D eigenvalue weighted by Crippen LogP contribution is -2.42. The Morgan fingerprint density at radius 1 is 1.53 bits per heavy atom. The van der Waals surface area contributed by atoms with Crippen molar-refractivity contribution in [3.8, 4) is 0 Å². The number of nitrogens with one attached hydrogen (secondary N) is 1. The number of aryl methyl sites for hydroxylation is 2. The number of hydrogen-bond acceptors (Lipinski definition) is 4. The summed E-state index contributed by atoms with van der Waals surface area (Å²) in [6, 6.07) is 0.341. The first-order chi connectivity index (χ1) is 9.13. The predicted octanol–water partition coefficient (Wildman–Crippen LogP) is 1.43. The summed E-state index contributed by atoms with van der Waals surface area (Å²) >= 11 is 0. The molecule has 5 nitrogen and oxygen atoms in total. The molecule has 0 aliphatic carbocycles. The molecule has 2 heterocycles. The van der Waals surface area contributed by atoms with Crippen molar-refractivity contribution in [2.75, 3.05) is 19.6 Å². The topological polar surface area (TPSA) is 58.4 Å². The van der Waals surface area contributed by atoms with E-state index in [1.807, 2.05) is 18.7 Å². The molecule has 0 radical (unpaired) electrons. The fraction of sp³-hybridized carbons (Fsp3) is 0.714. The third kappa shape index (κ3) is 3.15. The highest BCUT2D eigenvalue weighted by atomic mass is 16.5. The molecule has 1 atom stereocenters. The third-order valence-corrected chi connectivity index (χ3v) is 3.77. The maximum absolute atomic E-state index is 12.5. The van der Waals surface area contributed by atoms with Crippen LogP contribution in [0.15, 0.2) is 4.52 Å². The normalized spacial score (nSPS) is 18.8. The molecule has 1 unspecified atom stereocenters. The predicted molar refractivity (Wildman–Crippen MR) is 73.0 cm³/mol. The van der Waals surface area contributed by atoms with E-state index < -0.39 is 0 Å². The maximum Gasteiger partial charge on any atom is 0.227 e. The Bertz CT molecular complexity index is 416. The number of hydrogen-bond donors (Lipinski definition) is 1. The van der Waals surface area contributed by atoms with E-state index in [9.17, 15) is 4.79 Å². The van der Waals surface area contributed by atoms with Gasteiger partial charge in [-0.05, 0) is 33.2 Å². The van der Waals surface area contributed by atoms with Gasteiger partial charge < -0.3 is 14.7 Å². The first-order valence-corrected chi connectivity index (χ1v) is 7.05. The van der Waals surface area contributed by atoms with Crippen molar-refractivity contribution in [1.29, 1.82) is 0 Å². The molecule has 0 bridgehead atoms. The first-order valence-electron chi connectivity index (χ1n) is 7.05. The molecule has 1 aliphatic rings. The smallest absolute Gasteiger partial charge is 0.227 e. The Hall–Kier alpha value is -1.36. The van der Waals surface area contributed by atoms with E-state index in [0.29, 0.717) is 12.5 Å². The van der Waals surface area contributed by atoms with Gasteiger partial charge in [0.15, 0.2) is 0 Å². The van der Waals surface area contributed by atoms with Gasteiger partial charge in [0.05, 0.1) is 12.1 Å². The van der Waals surface area contributed by atoms with Gasteiger partial charge >= 0.3 is 0 Å². The second kappa shape index (κ2) is 6.19. The zero-order valence-electron chi connectivity index (χ0n) is 12.0. The molecular formula is C14H23N3O2. The number of amides is 1. The summed E-state index contributed by atoms with van der Waals surface area (Å²) in [5.41, 5.74) is 1.77. The van der Waals surface area contributed by atoms with Crippen molar-refractivity contribution in [2.45, 2.75) is 46.1 Å². The molecule has 0 spiro atoms.